The molecule has 0 unspecified atom stereocenters. The molecule has 0 saturated heterocycles. The molecular weight excluding hydrogens is 307 g/mol. The maximum Gasteiger partial charge on any atom is 0.263 e. The molecule has 1 aromatic carbocycles. The lowest BCUT2D eigenvalue weighted by molar-refractivity contribution is 0.601. The highest BCUT2D eigenvalue weighted by Crippen LogP contribution is 2.23. The van der Waals surface area contributed by atoms with E-state index in [9.17, 15) is 8.42 Å². The second-order valence-corrected chi connectivity index (χ2v) is 6.36. The minimum absolute atomic E-state index is 0.0394. The van der Waals surface area contributed by atoms with Gasteiger partial charge < -0.3 is 0 Å². The normalized spacial score (nSPS) is 11.3. The third-order valence-corrected chi connectivity index (χ3v) is 4.42. The number of pyridine rings is 1. The number of hydrogen-bond acceptors (Lipinski definition) is 3. The molecule has 0 fully saturated rings. The van der Waals surface area contributed by atoms with Gasteiger partial charge in [-0.25, -0.2) is 13.4 Å². The Bertz CT molecular complexity index is 700. The van der Waals surface area contributed by atoms with Crippen molar-refractivity contribution in [1.29, 1.82) is 0 Å². The predicted molar refractivity (Wildman–Crippen MR) is 76.2 cm³/mol. The van der Waals surface area contributed by atoms with E-state index in [-0.39, 0.29) is 15.1 Å². The van der Waals surface area contributed by atoms with Crippen LogP contribution in [0.4, 0.5) is 5.69 Å². The van der Waals surface area contributed by atoms with Crippen LogP contribution in [0.1, 0.15) is 5.56 Å². The minimum Gasteiger partial charge on any atom is -0.280 e. The van der Waals surface area contributed by atoms with Crippen molar-refractivity contribution in [3.05, 3.63) is 52.3 Å². The van der Waals surface area contributed by atoms with Gasteiger partial charge in [0, 0.05) is 11.9 Å². The molecule has 4 nitrogen and oxygen atoms in total. The van der Waals surface area contributed by atoms with Crippen molar-refractivity contribution < 1.29 is 8.42 Å². The number of nitrogens with zero attached hydrogens (tertiary/aromatic N) is 1. The van der Waals surface area contributed by atoms with E-state index in [1.54, 1.807) is 12.1 Å². The second-order valence-electron chi connectivity index (χ2n) is 3.92. The Balaban J connectivity index is 2.32. The Hall–Kier alpha value is -1.30. The molecule has 1 heterocycles. The maximum absolute atomic E-state index is 12.1. The molecule has 0 aliphatic rings. The molecule has 0 spiro atoms. The largest absolute Gasteiger partial charge is 0.280 e. The van der Waals surface area contributed by atoms with Crippen LogP contribution in [0.15, 0.2) is 41.4 Å². The summed E-state index contributed by atoms with van der Waals surface area (Å²) in [5, 5.41) is 0.157. The zero-order valence-corrected chi connectivity index (χ0v) is 12.2. The molecule has 0 saturated carbocycles. The molecule has 0 aliphatic carbocycles. The zero-order valence-electron chi connectivity index (χ0n) is 9.89. The van der Waals surface area contributed by atoms with Crippen LogP contribution in [0, 0.1) is 6.92 Å². The number of anilines is 1. The van der Waals surface area contributed by atoms with Crippen molar-refractivity contribution >= 4 is 38.9 Å². The molecule has 1 N–H and O–H groups in total. The van der Waals surface area contributed by atoms with Gasteiger partial charge in [0.1, 0.15) is 10.0 Å². The Morgan fingerprint density at radius 2 is 1.79 bits per heavy atom. The monoisotopic (exact) mass is 316 g/mol. The molecule has 2 aromatic rings. The summed E-state index contributed by atoms with van der Waals surface area (Å²) in [7, 11) is -3.72. The lowest BCUT2D eigenvalue weighted by Gasteiger charge is -2.08. The molecular formula is C12H10Cl2N2O2S. The van der Waals surface area contributed by atoms with Crippen LogP contribution in [0.5, 0.6) is 0 Å². The van der Waals surface area contributed by atoms with Crippen LogP contribution < -0.4 is 4.72 Å². The van der Waals surface area contributed by atoms with Crippen LogP contribution in [0.3, 0.4) is 0 Å². The van der Waals surface area contributed by atoms with E-state index in [2.05, 4.69) is 9.71 Å². The first-order valence-corrected chi connectivity index (χ1v) is 7.53. The van der Waals surface area contributed by atoms with Crippen LogP contribution in [-0.2, 0) is 10.0 Å². The van der Waals surface area contributed by atoms with Gasteiger partial charge in [-0.2, -0.15) is 0 Å². The Morgan fingerprint density at radius 3 is 2.37 bits per heavy atom. The third kappa shape index (κ3) is 3.37. The lowest BCUT2D eigenvalue weighted by Crippen LogP contribution is -2.13. The fourth-order valence-electron chi connectivity index (χ4n) is 1.39. The van der Waals surface area contributed by atoms with Crippen LogP contribution in [0.2, 0.25) is 10.2 Å². The number of halogens is 2. The smallest absolute Gasteiger partial charge is 0.263 e. The average Bonchev–Trinajstić information content (AvgIpc) is 2.35. The van der Waals surface area contributed by atoms with E-state index >= 15 is 0 Å². The average molecular weight is 317 g/mol. The fraction of sp³-hybridized carbons (Fsp3) is 0.0833. The Kier molecular flexibility index (Phi) is 3.99. The topological polar surface area (TPSA) is 59.1 Å². The van der Waals surface area contributed by atoms with Gasteiger partial charge in [0.15, 0.2) is 0 Å². The van der Waals surface area contributed by atoms with Crippen molar-refractivity contribution in [2.75, 3.05) is 4.72 Å². The van der Waals surface area contributed by atoms with Crippen LogP contribution in [-0.4, -0.2) is 13.4 Å². The maximum atomic E-state index is 12.1. The van der Waals surface area contributed by atoms with Gasteiger partial charge in [0.05, 0.1) is 5.02 Å². The van der Waals surface area contributed by atoms with Crippen LogP contribution in [0.25, 0.3) is 0 Å². The molecule has 0 radical (unpaired) electrons. The number of rotatable bonds is 3. The van der Waals surface area contributed by atoms with Crippen molar-refractivity contribution in [3.8, 4) is 0 Å². The second kappa shape index (κ2) is 5.36. The Morgan fingerprint density at radius 1 is 1.16 bits per heavy atom. The summed E-state index contributed by atoms with van der Waals surface area (Å²) in [5.74, 6) is 0. The summed E-state index contributed by atoms with van der Waals surface area (Å²) in [6.45, 7) is 1.92. The van der Waals surface area contributed by atoms with Gasteiger partial charge in [-0.05, 0) is 25.1 Å². The van der Waals surface area contributed by atoms with Gasteiger partial charge >= 0.3 is 0 Å². The van der Waals surface area contributed by atoms with Gasteiger partial charge in [-0.1, -0.05) is 40.9 Å². The van der Waals surface area contributed by atoms with E-state index < -0.39 is 10.0 Å². The first kappa shape index (κ1) is 14.1. The van der Waals surface area contributed by atoms with E-state index in [0.717, 1.165) is 11.8 Å². The third-order valence-electron chi connectivity index (χ3n) is 2.39. The van der Waals surface area contributed by atoms with Crippen molar-refractivity contribution in [3.63, 3.8) is 0 Å². The minimum atomic E-state index is -3.72. The highest BCUT2D eigenvalue weighted by molar-refractivity contribution is 7.92. The zero-order chi connectivity index (χ0) is 14.0. The summed E-state index contributed by atoms with van der Waals surface area (Å²) >= 11 is 11.4. The first-order valence-electron chi connectivity index (χ1n) is 5.29. The first-order chi connectivity index (χ1) is 8.88. The highest BCUT2D eigenvalue weighted by Gasteiger charge is 2.16. The van der Waals surface area contributed by atoms with Crippen molar-refractivity contribution in [2.45, 2.75) is 11.8 Å². The van der Waals surface area contributed by atoms with E-state index in [4.69, 9.17) is 23.2 Å². The van der Waals surface area contributed by atoms with Gasteiger partial charge in [-0.15, -0.1) is 0 Å². The summed E-state index contributed by atoms with van der Waals surface area (Å²) in [4.78, 5) is 3.68. The number of sulfonamides is 1. The summed E-state index contributed by atoms with van der Waals surface area (Å²) < 4.78 is 26.6. The quantitative estimate of drug-likeness (QED) is 0.882. The summed E-state index contributed by atoms with van der Waals surface area (Å²) in [6, 6.07) is 8.24. The molecule has 0 atom stereocenters. The molecule has 100 valence electrons. The number of aryl methyl sites for hydroxylation is 1. The van der Waals surface area contributed by atoms with Gasteiger partial charge in [-0.3, -0.25) is 4.72 Å². The van der Waals surface area contributed by atoms with E-state index in [1.807, 2.05) is 19.1 Å². The molecule has 7 heteroatoms. The van der Waals surface area contributed by atoms with Gasteiger partial charge in [0.2, 0.25) is 0 Å². The lowest BCUT2D eigenvalue weighted by atomic mass is 10.2. The highest BCUT2D eigenvalue weighted by atomic mass is 35.5. The summed E-state index contributed by atoms with van der Waals surface area (Å²) in [6.07, 6.45) is 1.16. The molecule has 0 bridgehead atoms. The van der Waals surface area contributed by atoms with E-state index in [0.29, 0.717) is 5.69 Å². The van der Waals surface area contributed by atoms with E-state index in [1.165, 1.54) is 6.07 Å². The van der Waals surface area contributed by atoms with Crippen molar-refractivity contribution in [2.24, 2.45) is 0 Å². The van der Waals surface area contributed by atoms with Gasteiger partial charge in [0.25, 0.3) is 10.0 Å². The van der Waals surface area contributed by atoms with Crippen molar-refractivity contribution in [1.82, 2.24) is 4.98 Å². The molecule has 19 heavy (non-hydrogen) atoms. The number of aromatic nitrogens is 1. The Labute approximate surface area is 121 Å². The molecule has 2 rings (SSSR count). The fourth-order valence-corrected chi connectivity index (χ4v) is 2.75. The standard InChI is InChI=1S/C12H10Cl2N2O2S/c1-8-2-4-9(5-3-8)16-19(17,18)10-6-11(13)12(14)15-7-10/h2-7,16H,1H3. The number of nitrogens with one attached hydrogen (secondary N) is 1. The SMILES string of the molecule is Cc1ccc(NS(=O)(=O)c2cnc(Cl)c(Cl)c2)cc1. The number of hydrogen-bond donors (Lipinski definition) is 1. The molecule has 0 amide bonds. The van der Waals surface area contributed by atoms with Crippen LogP contribution >= 0.6 is 23.2 Å². The number of benzene rings is 1. The summed E-state index contributed by atoms with van der Waals surface area (Å²) in [5.41, 5.74) is 1.51. The molecule has 1 aromatic heterocycles. The predicted octanol–water partition coefficient (Wildman–Crippen LogP) is 3.50. The molecule has 0 aliphatic heterocycles.